The Morgan fingerprint density at radius 1 is 1.14 bits per heavy atom. The van der Waals surface area contributed by atoms with Crippen molar-refractivity contribution >= 4 is 27.4 Å². The third kappa shape index (κ3) is 4.23. The molecule has 0 heterocycles. The van der Waals surface area contributed by atoms with Gasteiger partial charge < -0.3 is 5.32 Å². The smallest absolute Gasteiger partial charge is 0.187 e. The molecular formula is C16H12BrF2NO. The summed E-state index contributed by atoms with van der Waals surface area (Å²) >= 11 is 3.29. The number of anilines is 1. The lowest BCUT2D eigenvalue weighted by molar-refractivity contribution is 0.104. The summed E-state index contributed by atoms with van der Waals surface area (Å²) in [6.07, 6.45) is 1.37. The Morgan fingerprint density at radius 2 is 1.81 bits per heavy atom. The van der Waals surface area contributed by atoms with E-state index in [4.69, 9.17) is 0 Å². The summed E-state index contributed by atoms with van der Waals surface area (Å²) in [5.74, 6) is -1.56. The van der Waals surface area contributed by atoms with Crippen molar-refractivity contribution in [2.24, 2.45) is 0 Å². The van der Waals surface area contributed by atoms with Crippen molar-refractivity contribution in [3.05, 3.63) is 75.9 Å². The number of ketones is 1. The SMILES string of the molecule is C/C(=C\C(=O)c1ccc(Br)cc1)Nc1ccc(F)cc1F. The van der Waals surface area contributed by atoms with Crippen LogP contribution >= 0.6 is 15.9 Å². The second kappa shape index (κ2) is 6.63. The highest BCUT2D eigenvalue weighted by atomic mass is 79.9. The molecule has 0 saturated carbocycles. The lowest BCUT2D eigenvalue weighted by atomic mass is 10.1. The first kappa shape index (κ1) is 15.4. The van der Waals surface area contributed by atoms with Gasteiger partial charge in [-0.2, -0.15) is 0 Å². The van der Waals surface area contributed by atoms with E-state index in [-0.39, 0.29) is 11.5 Å². The zero-order valence-electron chi connectivity index (χ0n) is 11.2. The largest absolute Gasteiger partial charge is 0.357 e. The van der Waals surface area contributed by atoms with Gasteiger partial charge in [0.1, 0.15) is 11.6 Å². The highest BCUT2D eigenvalue weighted by Crippen LogP contribution is 2.17. The maximum atomic E-state index is 13.5. The molecule has 21 heavy (non-hydrogen) atoms. The van der Waals surface area contributed by atoms with Crippen LogP contribution < -0.4 is 5.32 Å². The first-order valence-electron chi connectivity index (χ1n) is 6.16. The van der Waals surface area contributed by atoms with E-state index in [0.717, 1.165) is 16.6 Å². The number of hydrogen-bond donors (Lipinski definition) is 1. The molecule has 2 aromatic carbocycles. The van der Waals surface area contributed by atoms with E-state index < -0.39 is 11.6 Å². The molecule has 0 aliphatic heterocycles. The molecular weight excluding hydrogens is 340 g/mol. The van der Waals surface area contributed by atoms with Crippen LogP contribution in [0.2, 0.25) is 0 Å². The maximum absolute atomic E-state index is 13.5. The van der Waals surface area contributed by atoms with E-state index in [1.54, 1.807) is 31.2 Å². The van der Waals surface area contributed by atoms with Gasteiger partial charge in [0.25, 0.3) is 0 Å². The highest BCUT2D eigenvalue weighted by Gasteiger charge is 2.06. The van der Waals surface area contributed by atoms with E-state index in [1.165, 1.54) is 12.1 Å². The van der Waals surface area contributed by atoms with Gasteiger partial charge in [0.05, 0.1) is 5.69 Å². The number of benzene rings is 2. The van der Waals surface area contributed by atoms with Crippen LogP contribution in [0.3, 0.4) is 0 Å². The monoisotopic (exact) mass is 351 g/mol. The number of rotatable bonds is 4. The maximum Gasteiger partial charge on any atom is 0.187 e. The summed E-state index contributed by atoms with van der Waals surface area (Å²) in [5, 5.41) is 2.74. The van der Waals surface area contributed by atoms with Gasteiger partial charge in [0.15, 0.2) is 5.78 Å². The Kier molecular flexibility index (Phi) is 4.85. The van der Waals surface area contributed by atoms with Crippen molar-refractivity contribution in [2.45, 2.75) is 6.92 Å². The van der Waals surface area contributed by atoms with Crippen molar-refractivity contribution in [3.63, 3.8) is 0 Å². The normalized spacial score (nSPS) is 11.3. The molecule has 0 aliphatic rings. The second-order valence-corrected chi connectivity index (χ2v) is 5.36. The number of carbonyl (C=O) groups is 1. The van der Waals surface area contributed by atoms with Gasteiger partial charge in [-0.3, -0.25) is 4.79 Å². The minimum atomic E-state index is -0.709. The third-order valence-corrected chi connectivity index (χ3v) is 3.27. The quantitative estimate of drug-likeness (QED) is 0.625. The molecule has 0 amide bonds. The molecule has 0 fully saturated rings. The van der Waals surface area contributed by atoms with E-state index in [0.29, 0.717) is 11.3 Å². The van der Waals surface area contributed by atoms with Crippen molar-refractivity contribution in [1.82, 2.24) is 0 Å². The standard InChI is InChI=1S/C16H12BrF2NO/c1-10(20-15-7-6-13(18)9-14(15)19)8-16(21)11-2-4-12(17)5-3-11/h2-9,20H,1H3/b10-8+. The molecule has 0 aliphatic carbocycles. The number of halogens is 3. The predicted octanol–water partition coefficient (Wildman–Crippen LogP) is 4.93. The number of allylic oxidation sites excluding steroid dienone is 2. The Labute approximate surface area is 129 Å². The lowest BCUT2D eigenvalue weighted by Gasteiger charge is -2.07. The molecule has 2 nitrogen and oxygen atoms in total. The molecule has 2 rings (SSSR count). The summed E-state index contributed by atoms with van der Waals surface area (Å²) in [7, 11) is 0. The molecule has 0 spiro atoms. The van der Waals surface area contributed by atoms with Gasteiger partial charge in [-0.25, -0.2) is 8.78 Å². The molecule has 0 saturated heterocycles. The summed E-state index contributed by atoms with van der Waals surface area (Å²) in [4.78, 5) is 12.0. The van der Waals surface area contributed by atoms with Crippen LogP contribution in [0.25, 0.3) is 0 Å². The van der Waals surface area contributed by atoms with Crippen LogP contribution in [0.15, 0.2) is 58.7 Å². The minimum Gasteiger partial charge on any atom is -0.357 e. The summed E-state index contributed by atoms with van der Waals surface area (Å²) in [6, 6.07) is 10.1. The second-order valence-electron chi connectivity index (χ2n) is 4.45. The van der Waals surface area contributed by atoms with E-state index >= 15 is 0 Å². The van der Waals surface area contributed by atoms with Crippen LogP contribution in [0, 0.1) is 11.6 Å². The summed E-state index contributed by atoms with van der Waals surface area (Å²) in [6.45, 7) is 1.64. The lowest BCUT2D eigenvalue weighted by Crippen LogP contribution is -2.03. The fraction of sp³-hybridized carbons (Fsp3) is 0.0625. The molecule has 108 valence electrons. The number of hydrogen-bond acceptors (Lipinski definition) is 2. The van der Waals surface area contributed by atoms with Crippen LogP contribution in [0.4, 0.5) is 14.5 Å². The zero-order valence-corrected chi connectivity index (χ0v) is 12.7. The van der Waals surface area contributed by atoms with Gasteiger partial charge in [-0.1, -0.05) is 15.9 Å². The fourth-order valence-electron chi connectivity index (χ4n) is 1.73. The number of carbonyl (C=O) groups excluding carboxylic acids is 1. The molecule has 2 aromatic rings. The molecule has 0 unspecified atom stereocenters. The fourth-order valence-corrected chi connectivity index (χ4v) is 2.00. The minimum absolute atomic E-state index is 0.119. The molecule has 1 N–H and O–H groups in total. The van der Waals surface area contributed by atoms with Crippen molar-refractivity contribution in [2.75, 3.05) is 5.32 Å². The third-order valence-electron chi connectivity index (χ3n) is 2.74. The zero-order chi connectivity index (χ0) is 15.4. The molecule has 0 aromatic heterocycles. The van der Waals surface area contributed by atoms with Crippen LogP contribution in [0.5, 0.6) is 0 Å². The predicted molar refractivity (Wildman–Crippen MR) is 82.2 cm³/mol. The Balaban J connectivity index is 2.13. The molecule has 0 bridgehead atoms. The van der Waals surface area contributed by atoms with Crippen LogP contribution in [-0.2, 0) is 0 Å². The van der Waals surface area contributed by atoms with E-state index in [2.05, 4.69) is 21.2 Å². The first-order chi connectivity index (χ1) is 9.95. The van der Waals surface area contributed by atoms with Gasteiger partial charge >= 0.3 is 0 Å². The average molecular weight is 352 g/mol. The van der Waals surface area contributed by atoms with Gasteiger partial charge in [-0.15, -0.1) is 0 Å². The van der Waals surface area contributed by atoms with Crippen molar-refractivity contribution in [3.8, 4) is 0 Å². The van der Waals surface area contributed by atoms with Crippen molar-refractivity contribution in [1.29, 1.82) is 0 Å². The van der Waals surface area contributed by atoms with Crippen molar-refractivity contribution < 1.29 is 13.6 Å². The Morgan fingerprint density at radius 3 is 2.43 bits per heavy atom. The Bertz CT molecular complexity index is 696. The Hall–Kier alpha value is -2.01. The van der Waals surface area contributed by atoms with E-state index in [1.807, 2.05) is 0 Å². The molecule has 0 radical (unpaired) electrons. The molecule has 0 atom stereocenters. The van der Waals surface area contributed by atoms with Gasteiger partial charge in [-0.05, 0) is 43.3 Å². The van der Waals surface area contributed by atoms with Crippen LogP contribution in [-0.4, -0.2) is 5.78 Å². The van der Waals surface area contributed by atoms with E-state index in [9.17, 15) is 13.6 Å². The summed E-state index contributed by atoms with van der Waals surface area (Å²) in [5.41, 5.74) is 1.11. The van der Waals surface area contributed by atoms with Gasteiger partial charge in [0, 0.05) is 27.9 Å². The highest BCUT2D eigenvalue weighted by molar-refractivity contribution is 9.10. The van der Waals surface area contributed by atoms with Crippen LogP contribution in [0.1, 0.15) is 17.3 Å². The number of nitrogens with one attached hydrogen (secondary N) is 1. The molecule has 5 heteroatoms. The topological polar surface area (TPSA) is 29.1 Å². The van der Waals surface area contributed by atoms with Gasteiger partial charge in [0.2, 0.25) is 0 Å². The summed E-state index contributed by atoms with van der Waals surface area (Å²) < 4.78 is 27.2. The first-order valence-corrected chi connectivity index (χ1v) is 6.95. The average Bonchev–Trinajstić information content (AvgIpc) is 2.42.